The summed E-state index contributed by atoms with van der Waals surface area (Å²) in [6, 6.07) is 5.77. The minimum absolute atomic E-state index is 0.181. The molecule has 0 aromatic heterocycles. The number of hydrogen-bond acceptors (Lipinski definition) is 3. The molecule has 100 valence electrons. The lowest BCUT2D eigenvalue weighted by atomic mass is 10.1. The van der Waals surface area contributed by atoms with Gasteiger partial charge in [-0.05, 0) is 49.6 Å². The summed E-state index contributed by atoms with van der Waals surface area (Å²) in [6.07, 6.45) is 3.09. The summed E-state index contributed by atoms with van der Waals surface area (Å²) in [4.78, 5) is 2.24. The molecule has 0 heterocycles. The lowest BCUT2D eigenvalue weighted by Gasteiger charge is -2.25. The Kier molecular flexibility index (Phi) is 4.55. The summed E-state index contributed by atoms with van der Waals surface area (Å²) in [5, 5.41) is 0. The highest BCUT2D eigenvalue weighted by Crippen LogP contribution is 2.32. The summed E-state index contributed by atoms with van der Waals surface area (Å²) < 4.78 is 18.7. The monoisotopic (exact) mass is 252 g/mol. The predicted octanol–water partition coefficient (Wildman–Crippen LogP) is 1.94. The van der Waals surface area contributed by atoms with Crippen LogP contribution < -0.4 is 10.6 Å². The second kappa shape index (κ2) is 6.16. The second-order valence-electron chi connectivity index (χ2n) is 4.77. The van der Waals surface area contributed by atoms with Crippen molar-refractivity contribution in [1.82, 2.24) is 0 Å². The first-order valence-electron chi connectivity index (χ1n) is 6.49. The van der Waals surface area contributed by atoms with Gasteiger partial charge in [-0.2, -0.15) is 0 Å². The maximum Gasteiger partial charge on any atom is 0.125 e. The number of ether oxygens (including phenoxy) is 1. The average Bonchev–Trinajstić information content (AvgIpc) is 3.14. The molecule has 1 saturated carbocycles. The van der Waals surface area contributed by atoms with E-state index in [4.69, 9.17) is 10.5 Å². The molecule has 0 atom stereocenters. The minimum atomic E-state index is -0.181. The van der Waals surface area contributed by atoms with Crippen molar-refractivity contribution in [3.8, 4) is 0 Å². The maximum absolute atomic E-state index is 13.6. The molecule has 1 aromatic carbocycles. The Labute approximate surface area is 108 Å². The minimum Gasteiger partial charge on any atom is -0.383 e. The van der Waals surface area contributed by atoms with Crippen molar-refractivity contribution >= 4 is 5.69 Å². The molecule has 0 spiro atoms. The molecule has 2 rings (SSSR count). The molecule has 0 radical (unpaired) electrons. The second-order valence-corrected chi connectivity index (χ2v) is 4.77. The molecular weight excluding hydrogens is 231 g/mol. The van der Waals surface area contributed by atoms with Crippen LogP contribution in [0.25, 0.3) is 0 Å². The van der Waals surface area contributed by atoms with Crippen LogP contribution in [0.2, 0.25) is 0 Å². The Hall–Kier alpha value is -1.13. The zero-order chi connectivity index (χ0) is 13.0. The summed E-state index contributed by atoms with van der Waals surface area (Å²) >= 11 is 0. The van der Waals surface area contributed by atoms with Crippen LogP contribution in [0, 0.1) is 5.82 Å². The van der Waals surface area contributed by atoms with E-state index in [-0.39, 0.29) is 5.82 Å². The molecule has 1 aromatic rings. The maximum atomic E-state index is 13.6. The molecule has 4 heteroatoms. The molecular formula is C14H21FN2O. The zero-order valence-electron chi connectivity index (χ0n) is 10.9. The first kappa shape index (κ1) is 13.3. The van der Waals surface area contributed by atoms with Gasteiger partial charge in [0.15, 0.2) is 0 Å². The van der Waals surface area contributed by atoms with E-state index < -0.39 is 0 Å². The third-order valence-corrected chi connectivity index (χ3v) is 3.23. The number of anilines is 1. The Bertz CT molecular complexity index is 393. The van der Waals surface area contributed by atoms with Crippen LogP contribution in [0.3, 0.4) is 0 Å². The Balaban J connectivity index is 2.17. The number of hydrogen-bond donors (Lipinski definition) is 1. The highest BCUT2D eigenvalue weighted by molar-refractivity contribution is 5.51. The van der Waals surface area contributed by atoms with Gasteiger partial charge in [0, 0.05) is 25.4 Å². The lowest BCUT2D eigenvalue weighted by Crippen LogP contribution is -2.29. The van der Waals surface area contributed by atoms with Crippen LogP contribution in [0.1, 0.15) is 18.4 Å². The van der Waals surface area contributed by atoms with E-state index in [1.54, 1.807) is 19.2 Å². The summed E-state index contributed by atoms with van der Waals surface area (Å²) in [6.45, 7) is 2.02. The van der Waals surface area contributed by atoms with Gasteiger partial charge < -0.3 is 15.4 Å². The molecule has 0 bridgehead atoms. The number of halogens is 1. The van der Waals surface area contributed by atoms with Crippen molar-refractivity contribution in [2.24, 2.45) is 5.73 Å². The molecule has 1 aliphatic rings. The van der Waals surface area contributed by atoms with E-state index in [0.717, 1.165) is 17.8 Å². The van der Waals surface area contributed by atoms with Gasteiger partial charge in [-0.25, -0.2) is 4.39 Å². The number of methoxy groups -OCH3 is 1. The van der Waals surface area contributed by atoms with Crippen molar-refractivity contribution in [3.63, 3.8) is 0 Å². The number of rotatable bonds is 7. The highest BCUT2D eigenvalue weighted by atomic mass is 19.1. The van der Waals surface area contributed by atoms with Crippen molar-refractivity contribution in [3.05, 3.63) is 29.6 Å². The standard InChI is InChI=1S/C14H21FN2O/c1-18-7-6-17(13-2-3-13)14-9-11(4-5-16)8-12(15)10-14/h8-10,13H,2-7,16H2,1H3. The van der Waals surface area contributed by atoms with E-state index in [0.29, 0.717) is 25.6 Å². The first-order valence-corrected chi connectivity index (χ1v) is 6.49. The highest BCUT2D eigenvalue weighted by Gasteiger charge is 2.29. The molecule has 18 heavy (non-hydrogen) atoms. The van der Waals surface area contributed by atoms with Crippen LogP contribution in [-0.4, -0.2) is 32.8 Å². The topological polar surface area (TPSA) is 38.5 Å². The van der Waals surface area contributed by atoms with Gasteiger partial charge in [0.05, 0.1) is 6.61 Å². The summed E-state index contributed by atoms with van der Waals surface area (Å²) in [7, 11) is 1.69. The summed E-state index contributed by atoms with van der Waals surface area (Å²) in [5.74, 6) is -0.181. The third kappa shape index (κ3) is 3.43. The van der Waals surface area contributed by atoms with Gasteiger partial charge in [-0.15, -0.1) is 0 Å². The quantitative estimate of drug-likeness (QED) is 0.806. The number of benzene rings is 1. The molecule has 1 fully saturated rings. The number of nitrogens with two attached hydrogens (primary N) is 1. The number of nitrogens with zero attached hydrogens (tertiary/aromatic N) is 1. The van der Waals surface area contributed by atoms with Crippen molar-refractivity contribution in [1.29, 1.82) is 0 Å². The lowest BCUT2D eigenvalue weighted by molar-refractivity contribution is 0.205. The van der Waals surface area contributed by atoms with E-state index >= 15 is 0 Å². The van der Waals surface area contributed by atoms with Gasteiger partial charge in [0.2, 0.25) is 0 Å². The largest absolute Gasteiger partial charge is 0.383 e. The smallest absolute Gasteiger partial charge is 0.125 e. The van der Waals surface area contributed by atoms with Gasteiger partial charge in [0.25, 0.3) is 0 Å². The van der Waals surface area contributed by atoms with Crippen LogP contribution >= 0.6 is 0 Å². The molecule has 2 N–H and O–H groups in total. The Morgan fingerprint density at radius 2 is 2.17 bits per heavy atom. The molecule has 3 nitrogen and oxygen atoms in total. The van der Waals surface area contributed by atoms with Crippen molar-refractivity contribution < 1.29 is 9.13 Å². The molecule has 0 saturated heterocycles. The fourth-order valence-electron chi connectivity index (χ4n) is 2.21. The predicted molar refractivity (Wildman–Crippen MR) is 71.4 cm³/mol. The van der Waals surface area contributed by atoms with E-state index in [2.05, 4.69) is 4.90 Å². The first-order chi connectivity index (χ1) is 8.74. The van der Waals surface area contributed by atoms with Crippen LogP contribution in [0.4, 0.5) is 10.1 Å². The molecule has 0 unspecified atom stereocenters. The molecule has 0 amide bonds. The fourth-order valence-corrected chi connectivity index (χ4v) is 2.21. The Morgan fingerprint density at radius 1 is 1.39 bits per heavy atom. The van der Waals surface area contributed by atoms with E-state index in [1.807, 2.05) is 6.07 Å². The van der Waals surface area contributed by atoms with Gasteiger partial charge in [-0.3, -0.25) is 0 Å². The van der Waals surface area contributed by atoms with Crippen LogP contribution in [-0.2, 0) is 11.2 Å². The summed E-state index contributed by atoms with van der Waals surface area (Å²) in [5.41, 5.74) is 7.46. The van der Waals surface area contributed by atoms with E-state index in [9.17, 15) is 4.39 Å². The average molecular weight is 252 g/mol. The Morgan fingerprint density at radius 3 is 2.78 bits per heavy atom. The van der Waals surface area contributed by atoms with Crippen molar-refractivity contribution in [2.45, 2.75) is 25.3 Å². The molecule has 0 aliphatic heterocycles. The van der Waals surface area contributed by atoms with E-state index in [1.165, 1.54) is 12.8 Å². The third-order valence-electron chi connectivity index (χ3n) is 3.23. The van der Waals surface area contributed by atoms with Crippen LogP contribution in [0.15, 0.2) is 18.2 Å². The van der Waals surface area contributed by atoms with Crippen molar-refractivity contribution in [2.75, 3.05) is 31.7 Å². The molecule has 1 aliphatic carbocycles. The fraction of sp³-hybridized carbons (Fsp3) is 0.571. The van der Waals surface area contributed by atoms with Gasteiger partial charge in [0.1, 0.15) is 5.82 Å². The normalized spacial score (nSPS) is 14.8. The SMILES string of the molecule is COCCN(c1cc(F)cc(CCN)c1)C1CC1. The van der Waals surface area contributed by atoms with Gasteiger partial charge >= 0.3 is 0 Å². The zero-order valence-corrected chi connectivity index (χ0v) is 10.9. The van der Waals surface area contributed by atoms with Crippen LogP contribution in [0.5, 0.6) is 0 Å². The van der Waals surface area contributed by atoms with Gasteiger partial charge in [-0.1, -0.05) is 0 Å².